The molecule has 0 unspecified atom stereocenters. The van der Waals surface area contributed by atoms with Crippen molar-refractivity contribution in [3.63, 3.8) is 0 Å². The van der Waals surface area contributed by atoms with Gasteiger partial charge in [0.1, 0.15) is 0 Å². The monoisotopic (exact) mass is 314 g/mol. The summed E-state index contributed by atoms with van der Waals surface area (Å²) >= 11 is 0. The molecule has 124 valence electrons. The molecule has 2 aliphatic carbocycles. The predicted molar refractivity (Wildman–Crippen MR) is 90.9 cm³/mol. The van der Waals surface area contributed by atoms with Gasteiger partial charge in [-0.2, -0.15) is 0 Å². The number of hydrogen-bond donors (Lipinski definition) is 2. The smallest absolute Gasteiger partial charge is 0.279 e. The van der Waals surface area contributed by atoms with Gasteiger partial charge in [0.05, 0.1) is 18.8 Å². The standard InChI is InChI=1S/C19H27N3O/c23-18(13-22-11-4-1-5-12-22)21-19-14-7-2-3-9-16(14)20-17-10-6-8-15(17)19/h1-13H2,(H,20,21,23)/p+1. The molecule has 1 saturated heterocycles. The van der Waals surface area contributed by atoms with Crippen molar-refractivity contribution in [3.8, 4) is 0 Å². The highest BCUT2D eigenvalue weighted by atomic mass is 16.2. The second-order valence-corrected chi connectivity index (χ2v) is 7.43. The van der Waals surface area contributed by atoms with Crippen LogP contribution in [0, 0.1) is 0 Å². The number of aromatic nitrogens is 1. The van der Waals surface area contributed by atoms with Crippen LogP contribution in [0.1, 0.15) is 61.0 Å². The van der Waals surface area contributed by atoms with Gasteiger partial charge in [0.25, 0.3) is 5.91 Å². The molecule has 23 heavy (non-hydrogen) atoms. The average molecular weight is 314 g/mol. The van der Waals surface area contributed by atoms with Crippen molar-refractivity contribution >= 4 is 11.6 Å². The second-order valence-electron chi connectivity index (χ2n) is 7.43. The Kier molecular flexibility index (Phi) is 4.34. The van der Waals surface area contributed by atoms with Gasteiger partial charge in [0.15, 0.2) is 6.54 Å². The molecule has 3 aliphatic rings. The second kappa shape index (κ2) is 6.60. The van der Waals surface area contributed by atoms with Crippen LogP contribution in [-0.4, -0.2) is 30.5 Å². The van der Waals surface area contributed by atoms with E-state index in [4.69, 9.17) is 4.98 Å². The number of piperidine rings is 1. The van der Waals surface area contributed by atoms with E-state index in [9.17, 15) is 4.79 Å². The molecule has 0 spiro atoms. The summed E-state index contributed by atoms with van der Waals surface area (Å²) in [5, 5.41) is 3.32. The van der Waals surface area contributed by atoms with E-state index in [1.807, 2.05) is 0 Å². The topological polar surface area (TPSA) is 46.4 Å². The molecule has 0 atom stereocenters. The molecule has 1 amide bonds. The Morgan fingerprint density at radius 1 is 0.870 bits per heavy atom. The van der Waals surface area contributed by atoms with E-state index in [2.05, 4.69) is 5.32 Å². The van der Waals surface area contributed by atoms with E-state index in [-0.39, 0.29) is 5.91 Å². The Morgan fingerprint density at radius 2 is 1.52 bits per heavy atom. The Morgan fingerprint density at radius 3 is 2.30 bits per heavy atom. The van der Waals surface area contributed by atoms with Crippen LogP contribution in [0.4, 0.5) is 5.69 Å². The molecule has 4 nitrogen and oxygen atoms in total. The minimum Gasteiger partial charge on any atom is -0.327 e. The van der Waals surface area contributed by atoms with Crippen molar-refractivity contribution < 1.29 is 9.69 Å². The number of hydrogen-bond acceptors (Lipinski definition) is 2. The van der Waals surface area contributed by atoms with Crippen LogP contribution in [0.2, 0.25) is 0 Å². The Hall–Kier alpha value is -1.42. The van der Waals surface area contributed by atoms with Crippen LogP contribution in [0.3, 0.4) is 0 Å². The molecule has 4 rings (SSSR count). The molecule has 1 aromatic rings. The fourth-order valence-corrected chi connectivity index (χ4v) is 4.54. The van der Waals surface area contributed by atoms with Gasteiger partial charge in [0, 0.05) is 11.4 Å². The first-order valence-electron chi connectivity index (χ1n) is 9.48. The van der Waals surface area contributed by atoms with Gasteiger partial charge in [-0.15, -0.1) is 0 Å². The molecule has 2 heterocycles. The van der Waals surface area contributed by atoms with Crippen LogP contribution in [-0.2, 0) is 30.5 Å². The van der Waals surface area contributed by atoms with Gasteiger partial charge < -0.3 is 10.2 Å². The van der Waals surface area contributed by atoms with E-state index in [1.165, 1.54) is 65.9 Å². The van der Waals surface area contributed by atoms with Gasteiger partial charge in [-0.3, -0.25) is 9.78 Å². The summed E-state index contributed by atoms with van der Waals surface area (Å²) in [7, 11) is 0. The molecule has 0 radical (unpaired) electrons. The molecular weight excluding hydrogens is 286 g/mol. The van der Waals surface area contributed by atoms with E-state index in [1.54, 1.807) is 0 Å². The highest BCUT2D eigenvalue weighted by molar-refractivity contribution is 5.93. The van der Waals surface area contributed by atoms with Crippen molar-refractivity contribution in [2.45, 2.75) is 64.2 Å². The summed E-state index contributed by atoms with van der Waals surface area (Å²) in [5.74, 6) is 0.204. The van der Waals surface area contributed by atoms with Crippen LogP contribution in [0.15, 0.2) is 0 Å². The number of nitrogens with one attached hydrogen (secondary N) is 2. The largest absolute Gasteiger partial charge is 0.327 e. The summed E-state index contributed by atoms with van der Waals surface area (Å²) < 4.78 is 0. The number of amides is 1. The molecule has 4 heteroatoms. The quantitative estimate of drug-likeness (QED) is 0.887. The predicted octanol–water partition coefficient (Wildman–Crippen LogP) is 1.46. The molecule has 2 N–H and O–H groups in total. The summed E-state index contributed by atoms with van der Waals surface area (Å²) in [4.78, 5) is 19.0. The van der Waals surface area contributed by atoms with Crippen molar-refractivity contribution in [3.05, 3.63) is 22.5 Å². The molecular formula is C19H28N3O+. The maximum Gasteiger partial charge on any atom is 0.279 e. The Labute approximate surface area is 138 Å². The van der Waals surface area contributed by atoms with Crippen molar-refractivity contribution in [2.75, 3.05) is 25.0 Å². The minimum absolute atomic E-state index is 0.204. The lowest BCUT2D eigenvalue weighted by Gasteiger charge is -2.25. The first kappa shape index (κ1) is 15.1. The van der Waals surface area contributed by atoms with Crippen LogP contribution < -0.4 is 10.2 Å². The lowest BCUT2D eigenvalue weighted by molar-refractivity contribution is -0.896. The SMILES string of the molecule is O=C(C[NH+]1CCCCC1)Nc1c2c(nc3c1CCC3)CCCC2. The highest BCUT2D eigenvalue weighted by Crippen LogP contribution is 2.35. The van der Waals surface area contributed by atoms with Gasteiger partial charge in [-0.1, -0.05) is 0 Å². The van der Waals surface area contributed by atoms with Crippen molar-refractivity contribution in [1.29, 1.82) is 0 Å². The highest BCUT2D eigenvalue weighted by Gasteiger charge is 2.26. The van der Waals surface area contributed by atoms with E-state index in [0.717, 1.165) is 44.5 Å². The number of anilines is 1. The number of rotatable bonds is 3. The molecule has 1 aliphatic heterocycles. The third-order valence-electron chi connectivity index (χ3n) is 5.74. The lowest BCUT2D eigenvalue weighted by atomic mass is 9.92. The third kappa shape index (κ3) is 3.14. The van der Waals surface area contributed by atoms with E-state index >= 15 is 0 Å². The number of carbonyl (C=O) groups is 1. The zero-order chi connectivity index (χ0) is 15.6. The zero-order valence-electron chi connectivity index (χ0n) is 14.0. The lowest BCUT2D eigenvalue weighted by Crippen LogP contribution is -3.13. The van der Waals surface area contributed by atoms with Crippen LogP contribution in [0.5, 0.6) is 0 Å². The maximum absolute atomic E-state index is 12.6. The molecule has 0 aromatic carbocycles. The number of pyridine rings is 1. The normalized spacial score (nSPS) is 20.9. The van der Waals surface area contributed by atoms with Crippen LogP contribution in [0.25, 0.3) is 0 Å². The average Bonchev–Trinajstić information content (AvgIpc) is 3.04. The van der Waals surface area contributed by atoms with Crippen molar-refractivity contribution in [2.24, 2.45) is 0 Å². The number of nitrogens with zero attached hydrogens (tertiary/aromatic N) is 1. The summed E-state index contributed by atoms with van der Waals surface area (Å²) in [5.41, 5.74) is 6.36. The van der Waals surface area contributed by atoms with E-state index in [0.29, 0.717) is 6.54 Å². The van der Waals surface area contributed by atoms with E-state index < -0.39 is 0 Å². The molecule has 0 saturated carbocycles. The fourth-order valence-electron chi connectivity index (χ4n) is 4.54. The summed E-state index contributed by atoms with van der Waals surface area (Å²) in [6, 6.07) is 0. The fraction of sp³-hybridized carbons (Fsp3) is 0.684. The summed E-state index contributed by atoms with van der Waals surface area (Å²) in [6.07, 6.45) is 11.9. The van der Waals surface area contributed by atoms with Gasteiger partial charge in [0.2, 0.25) is 0 Å². The molecule has 1 fully saturated rings. The number of carbonyl (C=O) groups excluding carboxylic acids is 1. The summed E-state index contributed by atoms with van der Waals surface area (Å²) in [6.45, 7) is 2.94. The maximum atomic E-state index is 12.6. The third-order valence-corrected chi connectivity index (χ3v) is 5.74. The first-order chi connectivity index (χ1) is 11.3. The van der Waals surface area contributed by atoms with Gasteiger partial charge in [-0.05, 0) is 75.3 Å². The number of aryl methyl sites for hydroxylation is 2. The molecule has 0 bridgehead atoms. The number of quaternary nitrogens is 1. The number of likely N-dealkylation sites (tertiary alicyclic amines) is 1. The van der Waals surface area contributed by atoms with Gasteiger partial charge >= 0.3 is 0 Å². The first-order valence-corrected chi connectivity index (χ1v) is 9.48. The molecule has 1 aromatic heterocycles. The Balaban J connectivity index is 1.55. The zero-order valence-corrected chi connectivity index (χ0v) is 14.0. The van der Waals surface area contributed by atoms with Crippen LogP contribution >= 0.6 is 0 Å². The Bertz CT molecular complexity index is 605. The minimum atomic E-state index is 0.204. The van der Waals surface area contributed by atoms with Crippen molar-refractivity contribution in [1.82, 2.24) is 4.98 Å². The number of fused-ring (bicyclic) bond motifs is 2. The van der Waals surface area contributed by atoms with Gasteiger partial charge in [-0.25, -0.2) is 0 Å².